The van der Waals surface area contributed by atoms with Crippen molar-refractivity contribution in [1.29, 1.82) is 0 Å². The van der Waals surface area contributed by atoms with Crippen molar-refractivity contribution in [2.75, 3.05) is 0 Å². The largest absolute Gasteiger partial charge is 0.481 e. The summed E-state index contributed by atoms with van der Waals surface area (Å²) in [4.78, 5) is 10.5. The second-order valence-corrected chi connectivity index (χ2v) is 9.11. The number of aliphatic hydroxyl groups excluding tert-OH is 1. The van der Waals surface area contributed by atoms with E-state index in [-0.39, 0.29) is 6.42 Å². The Morgan fingerprint density at radius 3 is 1.10 bits per heavy atom. The molecule has 0 saturated heterocycles. The average molecular weight is 413 g/mol. The van der Waals surface area contributed by atoms with E-state index in [0.717, 1.165) is 12.8 Å². The lowest BCUT2D eigenvalue weighted by atomic mass is 10.0. The first-order valence-corrected chi connectivity index (χ1v) is 13.1. The molecule has 0 bridgehead atoms. The lowest BCUT2D eigenvalue weighted by Gasteiger charge is -2.07. The van der Waals surface area contributed by atoms with Gasteiger partial charge in [-0.3, -0.25) is 4.79 Å². The molecule has 174 valence electrons. The normalized spacial score (nSPS) is 12.3. The molecule has 1 atom stereocenters. The van der Waals surface area contributed by atoms with Gasteiger partial charge in [-0.05, 0) is 6.42 Å². The van der Waals surface area contributed by atoms with Gasteiger partial charge >= 0.3 is 5.97 Å². The first-order chi connectivity index (χ1) is 14.2. The predicted octanol–water partition coefficient (Wildman–Crippen LogP) is 8.42. The number of carbonyl (C=O) groups is 1. The third-order valence-corrected chi connectivity index (χ3v) is 6.05. The zero-order chi connectivity index (χ0) is 21.4. The molecule has 0 aromatic heterocycles. The number of hydrogen-bond acceptors (Lipinski definition) is 2. The topological polar surface area (TPSA) is 57.5 Å². The van der Waals surface area contributed by atoms with E-state index in [1.807, 2.05) is 0 Å². The Hall–Kier alpha value is -0.570. The van der Waals surface area contributed by atoms with Gasteiger partial charge in [0.2, 0.25) is 0 Å². The van der Waals surface area contributed by atoms with Gasteiger partial charge in [0.1, 0.15) is 0 Å². The molecule has 0 fully saturated rings. The van der Waals surface area contributed by atoms with Crippen LogP contribution in [0.25, 0.3) is 0 Å². The minimum absolute atomic E-state index is 0.112. The molecule has 0 aromatic carbocycles. The van der Waals surface area contributed by atoms with Crippen molar-refractivity contribution in [2.24, 2.45) is 0 Å². The number of hydrogen-bond donors (Lipinski definition) is 2. The van der Waals surface area contributed by atoms with Gasteiger partial charge in [-0.2, -0.15) is 0 Å². The molecule has 0 rings (SSSR count). The summed E-state index contributed by atoms with van der Waals surface area (Å²) in [5.74, 6) is -0.902. The second-order valence-electron chi connectivity index (χ2n) is 9.11. The number of rotatable bonds is 24. The standard InChI is InChI=1S/C26H52O3/c1-2-3-4-5-6-7-8-9-10-11-12-13-14-15-16-17-18-19-20-21-22-23-25(27)24-26(28)29/h25,27H,2-24H2,1H3,(H,28,29)/t25-/m0/s1. The summed E-state index contributed by atoms with van der Waals surface area (Å²) in [6, 6.07) is 0. The van der Waals surface area contributed by atoms with Crippen LogP contribution < -0.4 is 0 Å². The highest BCUT2D eigenvalue weighted by Gasteiger charge is 2.08. The number of unbranched alkanes of at least 4 members (excludes halogenated alkanes) is 20. The van der Waals surface area contributed by atoms with Gasteiger partial charge in [-0.15, -0.1) is 0 Å². The first kappa shape index (κ1) is 28.4. The van der Waals surface area contributed by atoms with Crippen LogP contribution in [-0.4, -0.2) is 22.3 Å². The summed E-state index contributed by atoms with van der Waals surface area (Å²) in [7, 11) is 0. The SMILES string of the molecule is CCCCCCCCCCCCCCCCCCCCCCC[C@H](O)CC(=O)O. The van der Waals surface area contributed by atoms with Crippen LogP contribution in [0.3, 0.4) is 0 Å². The van der Waals surface area contributed by atoms with Gasteiger partial charge in [0.15, 0.2) is 0 Å². The Bertz CT molecular complexity index is 330. The molecule has 0 aliphatic rings. The summed E-state index contributed by atoms with van der Waals surface area (Å²) < 4.78 is 0. The molecule has 0 radical (unpaired) electrons. The van der Waals surface area contributed by atoms with Gasteiger partial charge < -0.3 is 10.2 Å². The van der Waals surface area contributed by atoms with Crippen molar-refractivity contribution >= 4 is 5.97 Å². The highest BCUT2D eigenvalue weighted by atomic mass is 16.4. The Balaban J connectivity index is 3.06. The number of aliphatic hydroxyl groups is 1. The first-order valence-electron chi connectivity index (χ1n) is 13.1. The molecule has 0 saturated carbocycles. The maximum Gasteiger partial charge on any atom is 0.305 e. The molecular weight excluding hydrogens is 360 g/mol. The van der Waals surface area contributed by atoms with Crippen LogP contribution in [-0.2, 0) is 4.79 Å². The summed E-state index contributed by atoms with van der Waals surface area (Å²) in [6.07, 6.45) is 28.6. The van der Waals surface area contributed by atoms with Gasteiger partial charge in [-0.1, -0.05) is 142 Å². The Labute approximate surface area is 182 Å². The smallest absolute Gasteiger partial charge is 0.305 e. The molecule has 0 spiro atoms. The monoisotopic (exact) mass is 412 g/mol. The lowest BCUT2D eigenvalue weighted by molar-refractivity contribution is -0.139. The van der Waals surface area contributed by atoms with Gasteiger partial charge in [0.05, 0.1) is 12.5 Å². The number of aliphatic carboxylic acids is 1. The van der Waals surface area contributed by atoms with Crippen LogP contribution in [0.2, 0.25) is 0 Å². The quantitative estimate of drug-likeness (QED) is 0.156. The van der Waals surface area contributed by atoms with Crippen LogP contribution in [0.4, 0.5) is 0 Å². The van der Waals surface area contributed by atoms with Gasteiger partial charge in [-0.25, -0.2) is 0 Å². The van der Waals surface area contributed by atoms with Crippen molar-refractivity contribution in [3.05, 3.63) is 0 Å². The third-order valence-electron chi connectivity index (χ3n) is 6.05. The van der Waals surface area contributed by atoms with E-state index < -0.39 is 12.1 Å². The van der Waals surface area contributed by atoms with Crippen LogP contribution in [0.15, 0.2) is 0 Å². The molecule has 0 heterocycles. The Morgan fingerprint density at radius 1 is 0.552 bits per heavy atom. The van der Waals surface area contributed by atoms with Crippen LogP contribution in [0, 0.1) is 0 Å². The van der Waals surface area contributed by atoms with E-state index in [4.69, 9.17) is 5.11 Å². The van der Waals surface area contributed by atoms with E-state index in [9.17, 15) is 9.90 Å². The zero-order valence-electron chi connectivity index (χ0n) is 19.6. The number of carboxylic acid groups (broad SMARTS) is 1. The van der Waals surface area contributed by atoms with Crippen molar-refractivity contribution in [3.63, 3.8) is 0 Å². The van der Waals surface area contributed by atoms with Gasteiger partial charge in [0.25, 0.3) is 0 Å². The summed E-state index contributed by atoms with van der Waals surface area (Å²) >= 11 is 0. The van der Waals surface area contributed by atoms with E-state index in [1.54, 1.807) is 0 Å². The predicted molar refractivity (Wildman–Crippen MR) is 126 cm³/mol. The van der Waals surface area contributed by atoms with Crippen molar-refractivity contribution in [3.8, 4) is 0 Å². The van der Waals surface area contributed by atoms with E-state index in [2.05, 4.69) is 6.92 Å². The van der Waals surface area contributed by atoms with Crippen molar-refractivity contribution < 1.29 is 15.0 Å². The van der Waals surface area contributed by atoms with Gasteiger partial charge in [0, 0.05) is 0 Å². The second kappa shape index (κ2) is 23.7. The molecule has 0 aliphatic heterocycles. The fraction of sp³-hybridized carbons (Fsp3) is 0.962. The molecule has 0 aliphatic carbocycles. The van der Waals surface area contributed by atoms with Crippen LogP contribution >= 0.6 is 0 Å². The Kier molecular flexibility index (Phi) is 23.2. The van der Waals surface area contributed by atoms with Crippen molar-refractivity contribution in [1.82, 2.24) is 0 Å². The molecule has 0 aromatic rings. The van der Waals surface area contributed by atoms with E-state index in [1.165, 1.54) is 122 Å². The fourth-order valence-electron chi connectivity index (χ4n) is 4.12. The molecule has 2 N–H and O–H groups in total. The fourth-order valence-corrected chi connectivity index (χ4v) is 4.12. The van der Waals surface area contributed by atoms with Crippen molar-refractivity contribution in [2.45, 2.75) is 161 Å². The van der Waals surface area contributed by atoms with Crippen LogP contribution in [0.1, 0.15) is 155 Å². The molecule has 0 unspecified atom stereocenters. The van der Waals surface area contributed by atoms with E-state index >= 15 is 0 Å². The average Bonchev–Trinajstić information content (AvgIpc) is 2.68. The summed E-state index contributed by atoms with van der Waals surface area (Å²) in [6.45, 7) is 2.28. The minimum atomic E-state index is -0.902. The lowest BCUT2D eigenvalue weighted by Crippen LogP contribution is -2.12. The minimum Gasteiger partial charge on any atom is -0.481 e. The zero-order valence-corrected chi connectivity index (χ0v) is 19.6. The van der Waals surface area contributed by atoms with Crippen LogP contribution in [0.5, 0.6) is 0 Å². The van der Waals surface area contributed by atoms with E-state index in [0.29, 0.717) is 6.42 Å². The summed E-state index contributed by atoms with van der Waals surface area (Å²) in [5, 5.41) is 18.1. The Morgan fingerprint density at radius 2 is 0.828 bits per heavy atom. The maximum absolute atomic E-state index is 10.5. The third kappa shape index (κ3) is 25.4. The molecule has 0 amide bonds. The highest BCUT2D eigenvalue weighted by Crippen LogP contribution is 2.15. The molecular formula is C26H52O3. The molecule has 29 heavy (non-hydrogen) atoms. The molecule has 3 heteroatoms. The summed E-state index contributed by atoms with van der Waals surface area (Å²) in [5.41, 5.74) is 0. The highest BCUT2D eigenvalue weighted by molar-refractivity contribution is 5.67. The number of carboxylic acids is 1. The molecule has 3 nitrogen and oxygen atoms in total. The maximum atomic E-state index is 10.5.